The molecule has 1 saturated heterocycles. The van der Waals surface area contributed by atoms with Crippen LogP contribution in [0.2, 0.25) is 0 Å². The van der Waals surface area contributed by atoms with Crippen molar-refractivity contribution in [3.8, 4) is 0 Å². The smallest absolute Gasteiger partial charge is 0.328 e. The lowest BCUT2D eigenvalue weighted by atomic mass is 9.73. The Balaban J connectivity index is 1.47. The molecule has 6 heteroatoms. The fourth-order valence-electron chi connectivity index (χ4n) is 5.86. The summed E-state index contributed by atoms with van der Waals surface area (Å²) in [5.74, 6) is -0.551. The molecule has 0 amide bonds. The summed E-state index contributed by atoms with van der Waals surface area (Å²) in [6.07, 6.45) is 7.69. The average Bonchev–Trinajstić information content (AvgIpc) is 3.28. The Morgan fingerprint density at radius 3 is 2.36 bits per heavy atom. The number of aliphatic carboxylic acids is 1. The van der Waals surface area contributed by atoms with Gasteiger partial charge in [-0.1, -0.05) is 67.1 Å². The lowest BCUT2D eigenvalue weighted by Gasteiger charge is -2.33. The van der Waals surface area contributed by atoms with Gasteiger partial charge >= 0.3 is 5.97 Å². The number of alkyl halides is 1. The molecule has 2 heterocycles. The Hall–Kier alpha value is -3.74. The monoisotopic (exact) mass is 524 g/mol. The van der Waals surface area contributed by atoms with E-state index in [4.69, 9.17) is 9.84 Å². The van der Waals surface area contributed by atoms with Crippen LogP contribution in [0.25, 0.3) is 17.2 Å². The van der Waals surface area contributed by atoms with Crippen LogP contribution in [0.5, 0.6) is 0 Å². The van der Waals surface area contributed by atoms with E-state index in [0.29, 0.717) is 18.1 Å². The lowest BCUT2D eigenvalue weighted by Crippen LogP contribution is -2.45. The largest absolute Gasteiger partial charge is 0.478 e. The molecule has 2 unspecified atom stereocenters. The molecule has 2 N–H and O–H groups in total. The number of carbonyl (C=O) groups is 1. The summed E-state index contributed by atoms with van der Waals surface area (Å²) in [7, 11) is 0. The number of allylic oxidation sites excluding steroid dienone is 1. The summed E-state index contributed by atoms with van der Waals surface area (Å²) in [5.41, 5.74) is 10.8. The zero-order valence-corrected chi connectivity index (χ0v) is 21.9. The molecule has 0 bridgehead atoms. The molecule has 2 fully saturated rings. The SMILES string of the molecule is O=C(O)/C=C/c1ccc(/C(=C(\c2ccccc2)C2CCC2)c2ccc3c(c2)C(F)NN3C2CCCCO2)cc1. The van der Waals surface area contributed by atoms with Crippen molar-refractivity contribution >= 4 is 28.9 Å². The second kappa shape index (κ2) is 11.2. The fraction of sp³-hybridized carbons (Fsp3) is 0.303. The van der Waals surface area contributed by atoms with Crippen molar-refractivity contribution in [2.24, 2.45) is 5.92 Å². The van der Waals surface area contributed by atoms with Crippen molar-refractivity contribution in [1.29, 1.82) is 0 Å². The van der Waals surface area contributed by atoms with Gasteiger partial charge in [0, 0.05) is 18.2 Å². The number of hydrogen-bond donors (Lipinski definition) is 2. The number of hydrogen-bond acceptors (Lipinski definition) is 4. The van der Waals surface area contributed by atoms with E-state index in [9.17, 15) is 4.79 Å². The summed E-state index contributed by atoms with van der Waals surface area (Å²) < 4.78 is 21.4. The van der Waals surface area contributed by atoms with Gasteiger partial charge < -0.3 is 9.84 Å². The zero-order valence-electron chi connectivity index (χ0n) is 21.9. The normalized spacial score (nSPS) is 21.9. The minimum atomic E-state index is -1.31. The van der Waals surface area contributed by atoms with Crippen LogP contribution < -0.4 is 10.4 Å². The van der Waals surface area contributed by atoms with Crippen LogP contribution in [0, 0.1) is 5.92 Å². The number of carboxylic acid groups (broad SMARTS) is 1. The number of fused-ring (bicyclic) bond motifs is 1. The van der Waals surface area contributed by atoms with E-state index in [1.165, 1.54) is 17.6 Å². The fourth-order valence-corrected chi connectivity index (χ4v) is 5.86. The number of benzene rings is 3. The van der Waals surface area contributed by atoms with Crippen LogP contribution in [0.3, 0.4) is 0 Å². The molecule has 0 radical (unpaired) electrons. The van der Waals surface area contributed by atoms with Gasteiger partial charge in [-0.25, -0.2) is 9.18 Å². The molecule has 6 rings (SSSR count). The molecule has 2 aliphatic heterocycles. The number of ether oxygens (including phenoxy) is 1. The van der Waals surface area contributed by atoms with Gasteiger partial charge in [-0.3, -0.25) is 5.01 Å². The second-order valence-electron chi connectivity index (χ2n) is 10.5. The Bertz CT molecular complexity index is 1390. The van der Waals surface area contributed by atoms with Crippen LogP contribution >= 0.6 is 0 Å². The molecule has 3 aromatic rings. The van der Waals surface area contributed by atoms with E-state index in [1.807, 2.05) is 47.5 Å². The lowest BCUT2D eigenvalue weighted by molar-refractivity contribution is -0.131. The standard InChI is InChI=1S/C33H33FN2O3/c34-33-27-21-26(17-18-28(27)36(35-33)29-11-4-5-20-39-29)32(25-15-12-22(13-16-25)14-19-30(37)38)31(24-9-6-10-24)23-7-2-1-3-8-23/h1-3,7-8,12-19,21,24,29,33,35H,4-6,9-11,20H2,(H,37,38)/b19-14+,32-31-. The van der Waals surface area contributed by atoms with Gasteiger partial charge in [0.25, 0.3) is 0 Å². The highest BCUT2D eigenvalue weighted by molar-refractivity contribution is 6.00. The summed E-state index contributed by atoms with van der Waals surface area (Å²) in [5, 5.41) is 10.9. The van der Waals surface area contributed by atoms with E-state index >= 15 is 4.39 Å². The predicted octanol–water partition coefficient (Wildman–Crippen LogP) is 7.36. The van der Waals surface area contributed by atoms with Crippen molar-refractivity contribution in [1.82, 2.24) is 5.43 Å². The quantitative estimate of drug-likeness (QED) is 0.192. The van der Waals surface area contributed by atoms with Gasteiger partial charge in [0.2, 0.25) is 0 Å². The Morgan fingerprint density at radius 2 is 1.69 bits per heavy atom. The number of nitrogens with one attached hydrogen (secondary N) is 1. The summed E-state index contributed by atoms with van der Waals surface area (Å²) in [6.45, 7) is 0.694. The van der Waals surface area contributed by atoms with Gasteiger partial charge in [0.05, 0.1) is 5.69 Å². The minimum Gasteiger partial charge on any atom is -0.478 e. The molecule has 2 atom stereocenters. The number of rotatable bonds is 7. The molecule has 1 saturated carbocycles. The zero-order chi connectivity index (χ0) is 26.8. The molecule has 5 nitrogen and oxygen atoms in total. The van der Waals surface area contributed by atoms with Crippen molar-refractivity contribution in [3.05, 3.63) is 107 Å². The van der Waals surface area contributed by atoms with Gasteiger partial charge in [0.1, 0.15) is 6.23 Å². The molecular weight excluding hydrogens is 491 g/mol. The highest BCUT2D eigenvalue weighted by atomic mass is 19.1. The Morgan fingerprint density at radius 1 is 0.923 bits per heavy atom. The van der Waals surface area contributed by atoms with E-state index in [-0.39, 0.29) is 6.23 Å². The first kappa shape index (κ1) is 25.5. The average molecular weight is 525 g/mol. The van der Waals surface area contributed by atoms with Gasteiger partial charge in [-0.15, -0.1) is 0 Å². The third-order valence-electron chi connectivity index (χ3n) is 8.03. The molecule has 1 aliphatic carbocycles. The van der Waals surface area contributed by atoms with Gasteiger partial charge in [-0.2, -0.15) is 5.43 Å². The number of halogens is 1. The van der Waals surface area contributed by atoms with Gasteiger partial charge in [0.15, 0.2) is 6.30 Å². The number of anilines is 1. The minimum absolute atomic E-state index is 0.166. The summed E-state index contributed by atoms with van der Waals surface area (Å²) >= 11 is 0. The molecule has 39 heavy (non-hydrogen) atoms. The Kier molecular flexibility index (Phi) is 7.31. The maximum absolute atomic E-state index is 15.5. The van der Waals surface area contributed by atoms with Crippen LogP contribution in [-0.4, -0.2) is 23.9 Å². The van der Waals surface area contributed by atoms with Gasteiger partial charge in [-0.05, 0) is 89.6 Å². The molecule has 200 valence electrons. The first-order chi connectivity index (χ1) is 19.1. The molecule has 0 spiro atoms. The number of nitrogens with zero attached hydrogens (tertiary/aromatic N) is 1. The highest BCUT2D eigenvalue weighted by Gasteiger charge is 2.35. The number of hydrazine groups is 1. The van der Waals surface area contributed by atoms with E-state index in [0.717, 1.165) is 66.1 Å². The molecule has 0 aromatic heterocycles. The third-order valence-corrected chi connectivity index (χ3v) is 8.03. The highest BCUT2D eigenvalue weighted by Crippen LogP contribution is 2.46. The van der Waals surface area contributed by atoms with Crippen LogP contribution in [-0.2, 0) is 9.53 Å². The van der Waals surface area contributed by atoms with Crippen molar-refractivity contribution < 1.29 is 19.0 Å². The van der Waals surface area contributed by atoms with E-state index < -0.39 is 12.3 Å². The summed E-state index contributed by atoms with van der Waals surface area (Å²) in [4.78, 5) is 11.0. The van der Waals surface area contributed by atoms with Crippen molar-refractivity contribution in [3.63, 3.8) is 0 Å². The van der Waals surface area contributed by atoms with E-state index in [1.54, 1.807) is 6.08 Å². The second-order valence-corrected chi connectivity index (χ2v) is 10.5. The molecule has 3 aromatic carbocycles. The number of carboxylic acids is 1. The topological polar surface area (TPSA) is 61.8 Å². The maximum atomic E-state index is 15.5. The summed E-state index contributed by atoms with van der Waals surface area (Å²) in [6, 6.07) is 24.5. The first-order valence-corrected chi connectivity index (χ1v) is 13.8. The van der Waals surface area contributed by atoms with Crippen LogP contribution in [0.4, 0.5) is 10.1 Å². The van der Waals surface area contributed by atoms with Crippen molar-refractivity contribution in [2.45, 2.75) is 51.0 Å². The predicted molar refractivity (Wildman–Crippen MR) is 152 cm³/mol. The first-order valence-electron chi connectivity index (χ1n) is 13.8. The Labute approximate surface area is 228 Å². The van der Waals surface area contributed by atoms with E-state index in [2.05, 4.69) is 35.8 Å². The van der Waals surface area contributed by atoms with Crippen LogP contribution in [0.15, 0.2) is 78.9 Å². The van der Waals surface area contributed by atoms with Crippen molar-refractivity contribution in [2.75, 3.05) is 11.6 Å². The maximum Gasteiger partial charge on any atom is 0.328 e. The molecular formula is C33H33FN2O3. The van der Waals surface area contributed by atoms with Crippen LogP contribution in [0.1, 0.15) is 72.6 Å². The third kappa shape index (κ3) is 5.27. The molecule has 3 aliphatic rings.